The summed E-state index contributed by atoms with van der Waals surface area (Å²) in [6.45, 7) is 9.91. The number of nitrogens with two attached hydrogens (primary N) is 1. The number of halogens is 1. The van der Waals surface area contributed by atoms with Gasteiger partial charge in [0, 0.05) is 12.7 Å². The normalized spacial score (nSPS) is 20.4. The molecule has 0 spiro atoms. The molecule has 7 heteroatoms. The minimum atomic E-state index is -0.776. The third-order valence-electron chi connectivity index (χ3n) is 4.75. The van der Waals surface area contributed by atoms with Crippen molar-refractivity contribution in [1.82, 2.24) is 0 Å². The molecule has 3 N–H and O–H groups in total. The number of rotatable bonds is 12. The number of hydrogen-bond acceptors (Lipinski definition) is 5. The van der Waals surface area contributed by atoms with Gasteiger partial charge in [0.1, 0.15) is 11.6 Å². The van der Waals surface area contributed by atoms with Crippen LogP contribution >= 0.6 is 0 Å². The first-order valence-corrected chi connectivity index (χ1v) is 10.6. The van der Waals surface area contributed by atoms with Crippen molar-refractivity contribution in [1.29, 1.82) is 0 Å². The Balaban J connectivity index is 0.00000131. The summed E-state index contributed by atoms with van der Waals surface area (Å²) in [5.41, 5.74) is 6.62. The standard InChI is InChI=1S/C19H33NO5.C5H5F/c1-4-5-10-23-15(3)18(20)13-25-17-8-6-7-16(12-17)24-11-9-14(2)19(21)22;1-3-4-5(2)6/h4,14,16-17H,1,5-13,20H2,2-3H3,(H,21,22);1,4H,2H3/b18-15-;5-4+. The smallest absolute Gasteiger partial charge is 0.306 e. The average molecular weight is 440 g/mol. The second kappa shape index (κ2) is 17.4. The molecule has 0 aromatic heterocycles. The zero-order valence-electron chi connectivity index (χ0n) is 19.1. The van der Waals surface area contributed by atoms with Crippen molar-refractivity contribution in [2.75, 3.05) is 19.8 Å². The van der Waals surface area contributed by atoms with Gasteiger partial charge in [0.2, 0.25) is 0 Å². The molecule has 1 fully saturated rings. The van der Waals surface area contributed by atoms with Gasteiger partial charge >= 0.3 is 5.97 Å². The summed E-state index contributed by atoms with van der Waals surface area (Å²) in [7, 11) is 0. The predicted octanol–water partition coefficient (Wildman–Crippen LogP) is 4.72. The first-order valence-electron chi connectivity index (χ1n) is 10.6. The van der Waals surface area contributed by atoms with Gasteiger partial charge in [-0.25, -0.2) is 4.39 Å². The number of ether oxygens (including phenoxy) is 3. The Bertz CT molecular complexity index is 634. The molecular weight excluding hydrogens is 401 g/mol. The van der Waals surface area contributed by atoms with Gasteiger partial charge in [0.05, 0.1) is 37.0 Å². The Morgan fingerprint density at radius 1 is 1.32 bits per heavy atom. The van der Waals surface area contributed by atoms with E-state index in [0.29, 0.717) is 37.7 Å². The summed E-state index contributed by atoms with van der Waals surface area (Å²) in [6, 6.07) is 0. The minimum Gasteiger partial charge on any atom is -0.496 e. The van der Waals surface area contributed by atoms with Crippen LogP contribution < -0.4 is 5.73 Å². The highest BCUT2D eigenvalue weighted by Gasteiger charge is 2.24. The van der Waals surface area contributed by atoms with Crippen molar-refractivity contribution < 1.29 is 28.5 Å². The van der Waals surface area contributed by atoms with Gasteiger partial charge in [-0.3, -0.25) is 4.79 Å². The maximum Gasteiger partial charge on any atom is 0.306 e. The van der Waals surface area contributed by atoms with E-state index in [4.69, 9.17) is 25.1 Å². The number of terminal acetylenes is 1. The molecular formula is C24H38FNO5. The van der Waals surface area contributed by atoms with Gasteiger partial charge in [-0.1, -0.05) is 18.9 Å². The highest BCUT2D eigenvalue weighted by molar-refractivity contribution is 5.69. The zero-order chi connectivity index (χ0) is 23.6. The molecule has 3 unspecified atom stereocenters. The molecule has 0 saturated heterocycles. The molecule has 31 heavy (non-hydrogen) atoms. The molecule has 1 aliphatic rings. The summed E-state index contributed by atoms with van der Waals surface area (Å²) in [5, 5.41) is 8.89. The van der Waals surface area contributed by atoms with E-state index in [2.05, 4.69) is 13.0 Å². The van der Waals surface area contributed by atoms with E-state index in [1.54, 1.807) is 13.0 Å². The number of carboxylic acids is 1. The van der Waals surface area contributed by atoms with Crippen LogP contribution in [0.5, 0.6) is 0 Å². The summed E-state index contributed by atoms with van der Waals surface area (Å²) < 4.78 is 28.7. The maximum atomic E-state index is 11.4. The van der Waals surface area contributed by atoms with Crippen molar-refractivity contribution in [2.24, 2.45) is 11.7 Å². The first kappa shape index (κ1) is 28.7. The molecule has 0 aliphatic heterocycles. The molecule has 0 radical (unpaired) electrons. The molecule has 1 rings (SSSR count). The molecule has 3 atom stereocenters. The van der Waals surface area contributed by atoms with Crippen molar-refractivity contribution in [3.05, 3.63) is 36.0 Å². The van der Waals surface area contributed by atoms with Gasteiger partial charge in [0.15, 0.2) is 0 Å². The Morgan fingerprint density at radius 3 is 2.48 bits per heavy atom. The largest absolute Gasteiger partial charge is 0.496 e. The average Bonchev–Trinajstić information content (AvgIpc) is 2.72. The lowest BCUT2D eigenvalue weighted by atomic mass is 9.95. The number of carbonyl (C=O) groups is 1. The second-order valence-electron chi connectivity index (χ2n) is 7.53. The van der Waals surface area contributed by atoms with Gasteiger partial charge in [-0.2, -0.15) is 0 Å². The lowest BCUT2D eigenvalue weighted by molar-refractivity contribution is -0.142. The quantitative estimate of drug-likeness (QED) is 0.198. The van der Waals surface area contributed by atoms with Crippen LogP contribution in [0.3, 0.4) is 0 Å². The number of allylic oxidation sites excluding steroid dienone is 3. The summed E-state index contributed by atoms with van der Waals surface area (Å²) >= 11 is 0. The second-order valence-corrected chi connectivity index (χ2v) is 7.53. The van der Waals surface area contributed by atoms with Crippen LogP contribution in [-0.4, -0.2) is 43.1 Å². The maximum absolute atomic E-state index is 11.4. The summed E-state index contributed by atoms with van der Waals surface area (Å²) in [6.07, 6.45) is 13.0. The van der Waals surface area contributed by atoms with Crippen molar-refractivity contribution in [2.45, 2.75) is 71.5 Å². The molecule has 6 nitrogen and oxygen atoms in total. The molecule has 1 aliphatic carbocycles. The molecule has 0 bridgehead atoms. The monoisotopic (exact) mass is 439 g/mol. The van der Waals surface area contributed by atoms with Gasteiger partial charge in [0.25, 0.3) is 0 Å². The molecule has 0 amide bonds. The van der Waals surface area contributed by atoms with Crippen molar-refractivity contribution in [3.63, 3.8) is 0 Å². The minimum absolute atomic E-state index is 0.121. The Morgan fingerprint density at radius 2 is 1.97 bits per heavy atom. The SMILES string of the molecule is C#C/C=C(\C)F.C=CCCO/C(C)=C(\N)COC1CCCC(OCCC(C)C(=O)O)C1. The summed E-state index contributed by atoms with van der Waals surface area (Å²) in [5.74, 6) is 1.26. The third-order valence-corrected chi connectivity index (χ3v) is 4.75. The first-order chi connectivity index (χ1) is 14.7. The highest BCUT2D eigenvalue weighted by Crippen LogP contribution is 2.24. The Labute approximate surface area is 186 Å². The van der Waals surface area contributed by atoms with Crippen LogP contribution in [0.1, 0.15) is 59.3 Å². The van der Waals surface area contributed by atoms with Gasteiger partial charge < -0.3 is 25.1 Å². The van der Waals surface area contributed by atoms with E-state index in [1.807, 2.05) is 12.8 Å². The fourth-order valence-corrected chi connectivity index (χ4v) is 2.75. The van der Waals surface area contributed by atoms with E-state index < -0.39 is 5.97 Å². The highest BCUT2D eigenvalue weighted by atomic mass is 19.1. The van der Waals surface area contributed by atoms with Crippen LogP contribution in [-0.2, 0) is 19.0 Å². The Hall–Kier alpha value is -2.30. The lowest BCUT2D eigenvalue weighted by Gasteiger charge is -2.29. The van der Waals surface area contributed by atoms with E-state index in [9.17, 15) is 9.18 Å². The van der Waals surface area contributed by atoms with Crippen LogP contribution in [0.25, 0.3) is 0 Å². The number of hydrogen-bond donors (Lipinski definition) is 2. The fraction of sp³-hybridized carbons (Fsp3) is 0.625. The van der Waals surface area contributed by atoms with Crippen LogP contribution in [0.4, 0.5) is 4.39 Å². The summed E-state index contributed by atoms with van der Waals surface area (Å²) in [4.78, 5) is 10.8. The van der Waals surface area contributed by atoms with Crippen LogP contribution in [0.15, 0.2) is 36.0 Å². The third kappa shape index (κ3) is 15.2. The Kier molecular flexibility index (Phi) is 16.1. The molecule has 0 heterocycles. The molecule has 0 aromatic rings. The number of carboxylic acid groups (broad SMARTS) is 1. The van der Waals surface area contributed by atoms with E-state index in [0.717, 1.165) is 38.2 Å². The van der Waals surface area contributed by atoms with Crippen molar-refractivity contribution >= 4 is 5.97 Å². The van der Waals surface area contributed by atoms with Crippen LogP contribution in [0.2, 0.25) is 0 Å². The predicted molar refractivity (Wildman–Crippen MR) is 121 cm³/mol. The van der Waals surface area contributed by atoms with Gasteiger partial charge in [-0.05, 0) is 52.4 Å². The zero-order valence-corrected chi connectivity index (χ0v) is 19.1. The van der Waals surface area contributed by atoms with E-state index in [1.165, 1.54) is 6.92 Å². The number of aliphatic carboxylic acids is 1. The van der Waals surface area contributed by atoms with E-state index in [-0.39, 0.29) is 24.0 Å². The van der Waals surface area contributed by atoms with Gasteiger partial charge in [-0.15, -0.1) is 13.0 Å². The fourth-order valence-electron chi connectivity index (χ4n) is 2.75. The topological polar surface area (TPSA) is 91.0 Å². The van der Waals surface area contributed by atoms with Crippen molar-refractivity contribution in [3.8, 4) is 12.3 Å². The van der Waals surface area contributed by atoms with Crippen LogP contribution in [0, 0.1) is 18.3 Å². The van der Waals surface area contributed by atoms with E-state index >= 15 is 0 Å². The molecule has 0 aromatic carbocycles. The molecule has 176 valence electrons. The lowest BCUT2D eigenvalue weighted by Crippen LogP contribution is -2.30. The molecule has 1 saturated carbocycles.